The first-order chi connectivity index (χ1) is 13.9. The van der Waals surface area contributed by atoms with Crippen molar-refractivity contribution in [2.24, 2.45) is 0 Å². The summed E-state index contributed by atoms with van der Waals surface area (Å²) >= 11 is 0. The molecule has 7 nitrogen and oxygen atoms in total. The molecule has 1 aliphatic rings. The van der Waals surface area contributed by atoms with Crippen LogP contribution < -0.4 is 15.4 Å². The summed E-state index contributed by atoms with van der Waals surface area (Å²) in [5.41, 5.74) is 2.28. The van der Waals surface area contributed by atoms with Crippen LogP contribution in [0, 0.1) is 6.92 Å². The summed E-state index contributed by atoms with van der Waals surface area (Å²) in [6.07, 6.45) is 2.26. The van der Waals surface area contributed by atoms with E-state index in [1.807, 2.05) is 25.1 Å². The summed E-state index contributed by atoms with van der Waals surface area (Å²) in [6, 6.07) is 11.2. The van der Waals surface area contributed by atoms with Crippen molar-refractivity contribution in [1.82, 2.24) is 9.97 Å². The number of fused-ring (bicyclic) bond motifs is 1. The molecule has 1 fully saturated rings. The average molecular weight is 449 g/mol. The van der Waals surface area contributed by atoms with Crippen LogP contribution in [0.25, 0.3) is 10.9 Å². The zero-order valence-corrected chi connectivity index (χ0v) is 18.7. The maximum Gasteiger partial charge on any atom is 0.229 e. The van der Waals surface area contributed by atoms with Crippen molar-refractivity contribution >= 4 is 50.6 Å². The number of para-hydroxylation sites is 1. The number of aromatic nitrogens is 2. The van der Waals surface area contributed by atoms with Gasteiger partial charge in [0.15, 0.2) is 9.84 Å². The monoisotopic (exact) mass is 448 g/mol. The maximum absolute atomic E-state index is 12.1. The van der Waals surface area contributed by atoms with Crippen LogP contribution >= 0.6 is 12.4 Å². The molecule has 0 amide bonds. The van der Waals surface area contributed by atoms with Crippen molar-refractivity contribution in [3.63, 3.8) is 0 Å². The molecule has 2 aromatic carbocycles. The summed E-state index contributed by atoms with van der Waals surface area (Å²) in [4.78, 5) is 9.65. The van der Waals surface area contributed by atoms with Crippen LogP contribution in [-0.4, -0.2) is 37.3 Å². The minimum absolute atomic E-state index is 0. The largest absolute Gasteiger partial charge is 0.494 e. The first kappa shape index (κ1) is 22.1. The highest BCUT2D eigenvalue weighted by molar-refractivity contribution is 7.91. The number of halogens is 1. The number of methoxy groups -OCH3 is 1. The summed E-state index contributed by atoms with van der Waals surface area (Å²) in [5.74, 6) is 1.94. The molecular formula is C21H25ClN4O3S. The number of hydrogen-bond donors (Lipinski definition) is 2. The number of ether oxygens (including phenoxy) is 1. The first-order valence-corrected chi connectivity index (χ1v) is 11.3. The van der Waals surface area contributed by atoms with Crippen LogP contribution in [0.5, 0.6) is 5.75 Å². The average Bonchev–Trinajstić information content (AvgIpc) is 3.53. The van der Waals surface area contributed by atoms with Gasteiger partial charge in [-0.25, -0.2) is 13.4 Å². The zero-order chi connectivity index (χ0) is 20.6. The molecule has 3 aromatic rings. The van der Waals surface area contributed by atoms with E-state index >= 15 is 0 Å². The third-order valence-electron chi connectivity index (χ3n) is 5.01. The third kappa shape index (κ3) is 4.44. The van der Waals surface area contributed by atoms with Crippen LogP contribution in [0.15, 0.2) is 41.3 Å². The van der Waals surface area contributed by atoms with E-state index < -0.39 is 9.84 Å². The van der Waals surface area contributed by atoms with E-state index in [-0.39, 0.29) is 18.2 Å². The molecule has 2 N–H and O–H groups in total. The fourth-order valence-electron chi connectivity index (χ4n) is 3.13. The SMILES string of the molecule is CCS(=O)(=O)c1ccc(Nc2nc(NC3CC3)c3cccc(OC)c3n2)c(C)c1.Cl. The molecule has 30 heavy (non-hydrogen) atoms. The highest BCUT2D eigenvalue weighted by Gasteiger charge is 2.23. The molecule has 0 unspecified atom stereocenters. The first-order valence-electron chi connectivity index (χ1n) is 9.63. The highest BCUT2D eigenvalue weighted by atomic mass is 35.5. The van der Waals surface area contributed by atoms with Gasteiger partial charge in [0.05, 0.1) is 17.8 Å². The highest BCUT2D eigenvalue weighted by Crippen LogP contribution is 2.33. The predicted octanol–water partition coefficient (Wildman–Crippen LogP) is 4.48. The van der Waals surface area contributed by atoms with Crippen molar-refractivity contribution in [2.75, 3.05) is 23.5 Å². The lowest BCUT2D eigenvalue weighted by atomic mass is 10.2. The van der Waals surface area contributed by atoms with E-state index in [1.54, 1.807) is 32.2 Å². The molecule has 0 atom stereocenters. The number of anilines is 3. The van der Waals surface area contributed by atoms with Gasteiger partial charge in [-0.1, -0.05) is 13.0 Å². The van der Waals surface area contributed by atoms with Gasteiger partial charge < -0.3 is 15.4 Å². The normalized spacial score (nSPS) is 13.6. The number of nitrogens with zero attached hydrogens (tertiary/aromatic N) is 2. The minimum Gasteiger partial charge on any atom is -0.494 e. The summed E-state index contributed by atoms with van der Waals surface area (Å²) < 4.78 is 29.7. The number of aryl methyl sites for hydroxylation is 1. The van der Waals surface area contributed by atoms with Gasteiger partial charge in [-0.05, 0) is 55.7 Å². The topological polar surface area (TPSA) is 93.2 Å². The molecule has 0 aliphatic heterocycles. The van der Waals surface area contributed by atoms with Crippen LogP contribution in [0.2, 0.25) is 0 Å². The van der Waals surface area contributed by atoms with Gasteiger partial charge in [0.2, 0.25) is 5.95 Å². The predicted molar refractivity (Wildman–Crippen MR) is 122 cm³/mol. The maximum atomic E-state index is 12.1. The molecule has 1 aromatic heterocycles. The molecule has 1 saturated carbocycles. The Bertz CT molecular complexity index is 1180. The fraction of sp³-hybridized carbons (Fsp3) is 0.333. The summed E-state index contributed by atoms with van der Waals surface area (Å²) in [7, 11) is -1.63. The Morgan fingerprint density at radius 1 is 1.17 bits per heavy atom. The number of hydrogen-bond acceptors (Lipinski definition) is 7. The van der Waals surface area contributed by atoms with E-state index in [9.17, 15) is 8.42 Å². The quantitative estimate of drug-likeness (QED) is 0.550. The molecule has 1 aliphatic carbocycles. The lowest BCUT2D eigenvalue weighted by molar-refractivity contribution is 0.419. The van der Waals surface area contributed by atoms with E-state index in [1.165, 1.54) is 0 Å². The van der Waals surface area contributed by atoms with Crippen LogP contribution in [0.1, 0.15) is 25.3 Å². The van der Waals surface area contributed by atoms with Crippen LogP contribution in [0.4, 0.5) is 17.5 Å². The van der Waals surface area contributed by atoms with Gasteiger partial charge in [-0.2, -0.15) is 4.98 Å². The Morgan fingerprint density at radius 3 is 2.57 bits per heavy atom. The van der Waals surface area contributed by atoms with Gasteiger partial charge in [-0.3, -0.25) is 0 Å². The van der Waals surface area contributed by atoms with E-state index in [4.69, 9.17) is 4.74 Å². The molecule has 1 heterocycles. The lowest BCUT2D eigenvalue weighted by Crippen LogP contribution is -2.08. The van der Waals surface area contributed by atoms with Gasteiger partial charge in [0.1, 0.15) is 17.1 Å². The van der Waals surface area contributed by atoms with Crippen LogP contribution in [0.3, 0.4) is 0 Å². The van der Waals surface area contributed by atoms with E-state index in [2.05, 4.69) is 20.6 Å². The Balaban J connectivity index is 0.00000256. The molecular weight excluding hydrogens is 424 g/mol. The third-order valence-corrected chi connectivity index (χ3v) is 6.74. The smallest absolute Gasteiger partial charge is 0.229 e. The van der Waals surface area contributed by atoms with Crippen molar-refractivity contribution < 1.29 is 13.2 Å². The minimum atomic E-state index is -3.25. The van der Waals surface area contributed by atoms with Crippen molar-refractivity contribution in [3.8, 4) is 5.75 Å². The molecule has 160 valence electrons. The van der Waals surface area contributed by atoms with Crippen molar-refractivity contribution in [2.45, 2.75) is 37.6 Å². The Labute approximate surface area is 182 Å². The number of sulfone groups is 1. The molecule has 0 spiro atoms. The number of benzene rings is 2. The van der Waals surface area contributed by atoms with Crippen molar-refractivity contribution in [1.29, 1.82) is 0 Å². The van der Waals surface area contributed by atoms with Gasteiger partial charge >= 0.3 is 0 Å². The van der Waals surface area contributed by atoms with E-state index in [0.717, 1.165) is 40.8 Å². The lowest BCUT2D eigenvalue weighted by Gasteiger charge is -2.14. The van der Waals surface area contributed by atoms with Crippen molar-refractivity contribution in [3.05, 3.63) is 42.0 Å². The van der Waals surface area contributed by atoms with Gasteiger partial charge in [-0.15, -0.1) is 12.4 Å². The Hall–Kier alpha value is -2.58. The van der Waals surface area contributed by atoms with E-state index in [0.29, 0.717) is 22.6 Å². The number of rotatable bonds is 7. The molecule has 4 rings (SSSR count). The second-order valence-electron chi connectivity index (χ2n) is 7.18. The standard InChI is InChI=1S/C21H24N4O3S.ClH/c1-4-29(26,27)15-10-11-17(13(2)12-15)23-21-24-19-16(6-5-7-18(19)28-3)20(25-21)22-14-8-9-14;/h5-7,10-12,14H,4,8-9H2,1-3H3,(H2,22,23,24,25);1H. The van der Waals surface area contributed by atoms with Gasteiger partial charge in [0, 0.05) is 17.1 Å². The second-order valence-corrected chi connectivity index (χ2v) is 9.45. The summed E-state index contributed by atoms with van der Waals surface area (Å²) in [5, 5.41) is 7.60. The van der Waals surface area contributed by atoms with Crippen LogP contribution in [-0.2, 0) is 9.84 Å². The molecule has 0 bridgehead atoms. The molecule has 0 radical (unpaired) electrons. The number of nitrogens with one attached hydrogen (secondary N) is 2. The Morgan fingerprint density at radius 2 is 1.93 bits per heavy atom. The van der Waals surface area contributed by atoms with Gasteiger partial charge in [0.25, 0.3) is 0 Å². The second kappa shape index (κ2) is 8.65. The molecule has 0 saturated heterocycles. The zero-order valence-electron chi connectivity index (χ0n) is 17.1. The Kier molecular flexibility index (Phi) is 6.38. The summed E-state index contributed by atoms with van der Waals surface area (Å²) in [6.45, 7) is 3.50. The fourth-order valence-corrected chi connectivity index (χ4v) is 4.10. The molecule has 9 heteroatoms.